The number of aryl methyl sites for hydroxylation is 1. The summed E-state index contributed by atoms with van der Waals surface area (Å²) in [4.78, 5) is 8.58. The molecule has 0 radical (unpaired) electrons. The van der Waals surface area contributed by atoms with E-state index >= 15 is 0 Å². The third-order valence-electron chi connectivity index (χ3n) is 1.99. The van der Waals surface area contributed by atoms with Crippen molar-refractivity contribution in [3.05, 3.63) is 23.3 Å². The summed E-state index contributed by atoms with van der Waals surface area (Å²) in [6.07, 6.45) is 2.57. The Hall–Kier alpha value is -0.960. The Morgan fingerprint density at radius 1 is 1.36 bits per heavy atom. The van der Waals surface area contributed by atoms with Crippen LogP contribution in [0.15, 0.2) is 6.20 Å². The zero-order valence-electron chi connectivity index (χ0n) is 9.33. The second-order valence-corrected chi connectivity index (χ2v) is 4.79. The van der Waals surface area contributed by atoms with E-state index in [-0.39, 0.29) is 12.0 Å². The highest BCUT2D eigenvalue weighted by molar-refractivity contribution is 5.15. The van der Waals surface area contributed by atoms with E-state index in [9.17, 15) is 0 Å². The highest BCUT2D eigenvalue weighted by Crippen LogP contribution is 2.18. The summed E-state index contributed by atoms with van der Waals surface area (Å²) in [6, 6.07) is 0. The number of hydrogen-bond donors (Lipinski definition) is 1. The molecule has 0 spiro atoms. The maximum Gasteiger partial charge on any atom is 0.129 e. The fourth-order valence-corrected chi connectivity index (χ4v) is 1.25. The molecule has 3 heteroatoms. The Labute approximate surface area is 85.2 Å². The molecule has 0 unspecified atom stereocenters. The summed E-state index contributed by atoms with van der Waals surface area (Å²) in [5.41, 5.74) is 1.89. The Balaban J connectivity index is 2.87. The van der Waals surface area contributed by atoms with Crippen LogP contribution in [-0.4, -0.2) is 15.1 Å². The van der Waals surface area contributed by atoms with Gasteiger partial charge in [0.2, 0.25) is 0 Å². The van der Waals surface area contributed by atoms with Crippen molar-refractivity contribution in [3.63, 3.8) is 0 Å². The van der Waals surface area contributed by atoms with Gasteiger partial charge in [0.1, 0.15) is 5.82 Å². The van der Waals surface area contributed by atoms with Crippen LogP contribution in [0.5, 0.6) is 0 Å². The molecule has 0 atom stereocenters. The van der Waals surface area contributed by atoms with Gasteiger partial charge >= 0.3 is 0 Å². The summed E-state index contributed by atoms with van der Waals surface area (Å²) >= 11 is 0. The number of aliphatic hydroxyl groups is 1. The van der Waals surface area contributed by atoms with E-state index in [2.05, 4.69) is 30.7 Å². The molecule has 0 fully saturated rings. The van der Waals surface area contributed by atoms with Crippen LogP contribution in [0.25, 0.3) is 0 Å². The van der Waals surface area contributed by atoms with Crippen molar-refractivity contribution in [1.29, 1.82) is 0 Å². The minimum Gasteiger partial charge on any atom is -0.392 e. The molecule has 78 valence electrons. The smallest absolute Gasteiger partial charge is 0.129 e. The highest BCUT2D eigenvalue weighted by atomic mass is 16.3. The molecule has 0 aromatic carbocycles. The molecular weight excluding hydrogens is 176 g/mol. The predicted molar refractivity (Wildman–Crippen MR) is 55.9 cm³/mol. The summed E-state index contributed by atoms with van der Waals surface area (Å²) < 4.78 is 0. The van der Waals surface area contributed by atoms with Crippen LogP contribution in [0.3, 0.4) is 0 Å². The van der Waals surface area contributed by atoms with Crippen molar-refractivity contribution >= 4 is 0 Å². The monoisotopic (exact) mass is 194 g/mol. The largest absolute Gasteiger partial charge is 0.392 e. The summed E-state index contributed by atoms with van der Waals surface area (Å²) in [7, 11) is 0. The maximum absolute atomic E-state index is 8.96. The summed E-state index contributed by atoms with van der Waals surface area (Å²) in [5.74, 6) is 0.854. The zero-order chi connectivity index (χ0) is 10.8. The second kappa shape index (κ2) is 4.05. The Morgan fingerprint density at radius 3 is 2.43 bits per heavy atom. The Kier molecular flexibility index (Phi) is 3.21. The molecule has 1 aromatic heterocycles. The van der Waals surface area contributed by atoms with Gasteiger partial charge < -0.3 is 5.11 Å². The van der Waals surface area contributed by atoms with Crippen molar-refractivity contribution in [1.82, 2.24) is 9.97 Å². The molecule has 1 N–H and O–H groups in total. The third-order valence-corrected chi connectivity index (χ3v) is 1.99. The maximum atomic E-state index is 8.96. The van der Waals surface area contributed by atoms with Gasteiger partial charge in [-0.25, -0.2) is 9.97 Å². The molecule has 0 saturated carbocycles. The molecule has 1 heterocycles. The number of aromatic nitrogens is 2. The first-order valence-electron chi connectivity index (χ1n) is 4.84. The predicted octanol–water partition coefficient (Wildman–Crippen LogP) is 1.87. The number of nitrogens with zero attached hydrogens (tertiary/aromatic N) is 2. The van der Waals surface area contributed by atoms with Crippen LogP contribution in [0.4, 0.5) is 0 Å². The van der Waals surface area contributed by atoms with Gasteiger partial charge in [-0.3, -0.25) is 0 Å². The van der Waals surface area contributed by atoms with E-state index in [1.165, 1.54) is 0 Å². The van der Waals surface area contributed by atoms with Gasteiger partial charge in [-0.15, -0.1) is 0 Å². The zero-order valence-corrected chi connectivity index (χ0v) is 9.33. The molecule has 0 amide bonds. The van der Waals surface area contributed by atoms with Gasteiger partial charge in [-0.2, -0.15) is 0 Å². The summed E-state index contributed by atoms with van der Waals surface area (Å²) in [6.45, 7) is 8.39. The van der Waals surface area contributed by atoms with Crippen LogP contribution in [0.1, 0.15) is 37.9 Å². The quantitative estimate of drug-likeness (QED) is 0.781. The lowest BCUT2D eigenvalue weighted by Gasteiger charge is -2.17. The molecule has 0 aliphatic heterocycles. The molecule has 0 aliphatic rings. The first-order valence-corrected chi connectivity index (χ1v) is 4.84. The van der Waals surface area contributed by atoms with Gasteiger partial charge in [-0.1, -0.05) is 20.8 Å². The van der Waals surface area contributed by atoms with Crippen molar-refractivity contribution in [2.24, 2.45) is 5.41 Å². The van der Waals surface area contributed by atoms with Gasteiger partial charge in [0.15, 0.2) is 0 Å². The van der Waals surface area contributed by atoms with E-state index < -0.39 is 0 Å². The van der Waals surface area contributed by atoms with E-state index in [1.807, 2.05) is 6.92 Å². The van der Waals surface area contributed by atoms with Crippen LogP contribution in [-0.2, 0) is 13.0 Å². The SMILES string of the molecule is Cc1nc(CC(C)(C)C)ncc1CO. The molecule has 0 aliphatic carbocycles. The van der Waals surface area contributed by atoms with Gasteiger partial charge in [0.05, 0.1) is 6.61 Å². The second-order valence-electron chi connectivity index (χ2n) is 4.79. The topological polar surface area (TPSA) is 46.0 Å². The Bertz CT molecular complexity index is 316. The van der Waals surface area contributed by atoms with Gasteiger partial charge in [-0.05, 0) is 12.3 Å². The minimum atomic E-state index is 0.0155. The molecule has 0 bridgehead atoms. The van der Waals surface area contributed by atoms with E-state index in [1.54, 1.807) is 6.20 Å². The van der Waals surface area contributed by atoms with Crippen LogP contribution < -0.4 is 0 Å². The molecular formula is C11H18N2O. The van der Waals surface area contributed by atoms with Crippen molar-refractivity contribution in [2.45, 2.75) is 40.7 Å². The average molecular weight is 194 g/mol. The molecule has 3 nitrogen and oxygen atoms in total. The number of rotatable bonds is 2. The van der Waals surface area contributed by atoms with Crippen molar-refractivity contribution in [3.8, 4) is 0 Å². The number of hydrogen-bond acceptors (Lipinski definition) is 3. The van der Waals surface area contributed by atoms with Gasteiger partial charge in [0.25, 0.3) is 0 Å². The van der Waals surface area contributed by atoms with Crippen molar-refractivity contribution in [2.75, 3.05) is 0 Å². The lowest BCUT2D eigenvalue weighted by atomic mass is 9.92. The van der Waals surface area contributed by atoms with Crippen LogP contribution in [0, 0.1) is 12.3 Å². The molecule has 1 aromatic rings. The van der Waals surface area contributed by atoms with Crippen molar-refractivity contribution < 1.29 is 5.11 Å². The summed E-state index contributed by atoms with van der Waals surface area (Å²) in [5, 5.41) is 8.96. The third kappa shape index (κ3) is 3.07. The molecule has 14 heavy (non-hydrogen) atoms. The Morgan fingerprint density at radius 2 is 2.00 bits per heavy atom. The van der Waals surface area contributed by atoms with E-state index in [4.69, 9.17) is 5.11 Å². The number of aliphatic hydroxyl groups excluding tert-OH is 1. The first kappa shape index (κ1) is 11.1. The highest BCUT2D eigenvalue weighted by Gasteiger charge is 2.13. The average Bonchev–Trinajstić information content (AvgIpc) is 2.01. The van der Waals surface area contributed by atoms with Crippen LogP contribution >= 0.6 is 0 Å². The first-order chi connectivity index (χ1) is 6.42. The standard InChI is InChI=1S/C11H18N2O/c1-8-9(7-14)6-12-10(13-8)5-11(2,3)4/h6,14H,5,7H2,1-4H3. The lowest BCUT2D eigenvalue weighted by molar-refractivity contribution is 0.279. The molecule has 0 saturated heterocycles. The van der Waals surface area contributed by atoms with E-state index in [0.717, 1.165) is 23.5 Å². The molecule has 1 rings (SSSR count). The van der Waals surface area contributed by atoms with Gasteiger partial charge in [0, 0.05) is 23.9 Å². The normalized spacial score (nSPS) is 11.8. The fourth-order valence-electron chi connectivity index (χ4n) is 1.25. The lowest BCUT2D eigenvalue weighted by Crippen LogP contribution is -2.13. The van der Waals surface area contributed by atoms with Crippen LogP contribution in [0.2, 0.25) is 0 Å². The minimum absolute atomic E-state index is 0.0155. The van der Waals surface area contributed by atoms with E-state index in [0.29, 0.717) is 0 Å². The fraction of sp³-hybridized carbons (Fsp3) is 0.636.